The van der Waals surface area contributed by atoms with E-state index in [0.29, 0.717) is 61.8 Å². The minimum Gasteiger partial charge on any atom is -0.495 e. The van der Waals surface area contributed by atoms with Crippen molar-refractivity contribution in [3.63, 3.8) is 0 Å². The number of aryl methyl sites for hydroxylation is 1. The van der Waals surface area contributed by atoms with Gasteiger partial charge in [-0.2, -0.15) is 18.2 Å². The van der Waals surface area contributed by atoms with E-state index < -0.39 is 36.5 Å². The third-order valence-corrected chi connectivity index (χ3v) is 10.2. The summed E-state index contributed by atoms with van der Waals surface area (Å²) in [6, 6.07) is 5.33. The number of imide groups is 1. The average molecular weight is 796 g/mol. The lowest BCUT2D eigenvalue weighted by molar-refractivity contribution is -0.192. The molecule has 0 radical (unpaired) electrons. The molecule has 3 aliphatic heterocycles. The largest absolute Gasteiger partial charge is 0.495 e. The minimum atomic E-state index is -5.08. The first-order valence-corrected chi connectivity index (χ1v) is 17.8. The summed E-state index contributed by atoms with van der Waals surface area (Å²) < 4.78 is 85.5. The summed E-state index contributed by atoms with van der Waals surface area (Å²) in [5.74, 6) is -6.46. The van der Waals surface area contributed by atoms with Crippen LogP contribution in [0.4, 0.5) is 37.7 Å². The van der Waals surface area contributed by atoms with Crippen molar-refractivity contribution in [3.8, 4) is 16.9 Å². The zero-order valence-electron chi connectivity index (χ0n) is 31.3. The van der Waals surface area contributed by atoms with Gasteiger partial charge in [-0.3, -0.25) is 34.6 Å². The summed E-state index contributed by atoms with van der Waals surface area (Å²) in [7, 11) is 3.23. The molecule has 3 aromatic rings. The van der Waals surface area contributed by atoms with E-state index >= 15 is 13.2 Å². The number of carbonyl (C=O) groups is 3. The number of piperidine rings is 2. The van der Waals surface area contributed by atoms with E-state index in [1.54, 1.807) is 48.3 Å². The Morgan fingerprint density at radius 2 is 1.66 bits per heavy atom. The molecule has 0 spiro atoms. The van der Waals surface area contributed by atoms with E-state index in [0.717, 1.165) is 21.7 Å². The first-order chi connectivity index (χ1) is 26.3. The van der Waals surface area contributed by atoms with Crippen LogP contribution in [-0.2, 0) is 28.0 Å². The number of hydrogen-bond acceptors (Lipinski definition) is 10. The lowest BCUT2D eigenvalue weighted by Crippen LogP contribution is -2.61. The number of carboxylic acids is 1. The van der Waals surface area contributed by atoms with Gasteiger partial charge in [0.2, 0.25) is 11.8 Å². The van der Waals surface area contributed by atoms with Gasteiger partial charge in [0.25, 0.3) is 11.5 Å². The Morgan fingerprint density at radius 3 is 2.23 bits per heavy atom. The Balaban J connectivity index is 0.000000784. The first-order valence-electron chi connectivity index (χ1n) is 17.8. The highest BCUT2D eigenvalue weighted by Crippen LogP contribution is 2.35. The summed E-state index contributed by atoms with van der Waals surface area (Å²) in [5.41, 5.74) is 6.96. The van der Waals surface area contributed by atoms with Crippen molar-refractivity contribution in [3.05, 3.63) is 69.7 Å². The molecule has 2 aromatic heterocycles. The van der Waals surface area contributed by atoms with Crippen LogP contribution in [0.3, 0.4) is 0 Å². The number of nitrogens with one attached hydrogen (secondary N) is 1. The number of ether oxygens (including phenoxy) is 1. The van der Waals surface area contributed by atoms with Gasteiger partial charge in [0, 0.05) is 94.3 Å². The number of aromatic nitrogens is 2. The highest BCUT2D eigenvalue weighted by Gasteiger charge is 2.48. The van der Waals surface area contributed by atoms with Gasteiger partial charge in [-0.15, -0.1) is 0 Å². The lowest BCUT2D eigenvalue weighted by atomic mass is 9.97. The number of carboxylic acid groups (broad SMARTS) is 1. The Bertz CT molecular complexity index is 2000. The van der Waals surface area contributed by atoms with Crippen LogP contribution in [0, 0.1) is 19.7 Å². The molecule has 1 atom stereocenters. The van der Waals surface area contributed by atoms with Crippen LogP contribution in [0.5, 0.6) is 5.75 Å². The smallest absolute Gasteiger partial charge is 0.490 e. The molecule has 1 unspecified atom stereocenters. The van der Waals surface area contributed by atoms with Crippen LogP contribution < -0.4 is 20.6 Å². The van der Waals surface area contributed by atoms with E-state index in [4.69, 9.17) is 14.6 Å². The van der Waals surface area contributed by atoms with Crippen molar-refractivity contribution >= 4 is 29.2 Å². The molecule has 5 heterocycles. The van der Waals surface area contributed by atoms with E-state index in [2.05, 4.69) is 10.4 Å². The second kappa shape index (κ2) is 16.9. The predicted molar refractivity (Wildman–Crippen MR) is 193 cm³/mol. The fraction of sp³-hybridized carbons (Fsp3) is 0.486. The number of rotatable bonds is 8. The Labute approximate surface area is 318 Å². The van der Waals surface area contributed by atoms with Crippen molar-refractivity contribution < 1.29 is 50.6 Å². The molecular formula is C37H43F6N7O6. The molecule has 2 N–H and O–H groups in total. The van der Waals surface area contributed by atoms with Crippen LogP contribution in [0.2, 0.25) is 0 Å². The number of benzene rings is 1. The quantitative estimate of drug-likeness (QED) is 0.242. The summed E-state index contributed by atoms with van der Waals surface area (Å²) in [6.45, 7) is 5.39. The van der Waals surface area contributed by atoms with Gasteiger partial charge in [0.1, 0.15) is 11.6 Å². The molecule has 19 heteroatoms. The number of amides is 2. The molecule has 56 heavy (non-hydrogen) atoms. The number of pyridine rings is 2. The number of anilines is 2. The summed E-state index contributed by atoms with van der Waals surface area (Å²) in [5, 5.41) is 8.06. The number of hydrogen-bond donors (Lipinski definition) is 2. The summed E-state index contributed by atoms with van der Waals surface area (Å²) in [4.78, 5) is 55.4. The van der Waals surface area contributed by atoms with Crippen molar-refractivity contribution in [1.82, 2.24) is 24.4 Å². The normalized spacial score (nSPS) is 19.4. The standard InChI is InChI=1S/C35H42F3N7O4.C2HF3O2/c1-22-23(2)34(48)41(3)19-26(22)24-16-30(49-4)28(39-18-24)20-42-11-10-31(35(37,38)21-42)44-14-12-43(13-15-44)29-9-8-25(17-27(29)36)40-45-32(46)6-5-7-33(45)47;3-2(4,5)1(6)7/h8-9,16-19,31,40H,5-7,10-15,20-21H2,1-4H3;(H,6,7). The number of piperazine rings is 1. The van der Waals surface area contributed by atoms with Crippen molar-refractivity contribution in [2.75, 3.05) is 56.7 Å². The van der Waals surface area contributed by atoms with E-state index in [1.807, 2.05) is 17.9 Å². The van der Waals surface area contributed by atoms with Crippen LogP contribution in [-0.4, -0.2) is 112 Å². The van der Waals surface area contributed by atoms with Gasteiger partial charge in [-0.1, -0.05) is 0 Å². The van der Waals surface area contributed by atoms with E-state index in [1.165, 1.54) is 17.7 Å². The number of likely N-dealkylation sites (tertiary alicyclic amines) is 1. The van der Waals surface area contributed by atoms with Gasteiger partial charge >= 0.3 is 12.1 Å². The van der Waals surface area contributed by atoms with Crippen LogP contribution in [0.15, 0.2) is 41.5 Å². The van der Waals surface area contributed by atoms with Crippen molar-refractivity contribution in [2.45, 2.75) is 64.2 Å². The van der Waals surface area contributed by atoms with Gasteiger partial charge < -0.3 is 19.3 Å². The molecule has 13 nitrogen and oxygen atoms in total. The predicted octanol–water partition coefficient (Wildman–Crippen LogP) is 4.74. The first kappa shape index (κ1) is 42.0. The van der Waals surface area contributed by atoms with Crippen molar-refractivity contribution in [2.24, 2.45) is 7.05 Å². The molecular weight excluding hydrogens is 752 g/mol. The number of hydrazine groups is 1. The molecule has 304 valence electrons. The number of methoxy groups -OCH3 is 1. The fourth-order valence-electron chi connectivity index (χ4n) is 7.09. The lowest BCUT2D eigenvalue weighted by Gasteiger charge is -2.46. The molecule has 0 saturated carbocycles. The maximum atomic E-state index is 15.7. The number of carbonyl (C=O) groups excluding carboxylic acids is 2. The molecule has 3 fully saturated rings. The van der Waals surface area contributed by atoms with E-state index in [-0.39, 0.29) is 48.9 Å². The highest BCUT2D eigenvalue weighted by atomic mass is 19.4. The van der Waals surface area contributed by atoms with Crippen LogP contribution in [0.25, 0.3) is 11.1 Å². The second-order valence-corrected chi connectivity index (χ2v) is 13.9. The maximum Gasteiger partial charge on any atom is 0.490 e. The van der Waals surface area contributed by atoms with Gasteiger partial charge in [0.15, 0.2) is 0 Å². The number of halogens is 6. The maximum absolute atomic E-state index is 15.7. The average Bonchev–Trinajstić information content (AvgIpc) is 3.14. The zero-order chi connectivity index (χ0) is 41.1. The van der Waals surface area contributed by atoms with Crippen LogP contribution in [0.1, 0.15) is 42.5 Å². The highest BCUT2D eigenvalue weighted by molar-refractivity contribution is 5.98. The molecule has 3 saturated heterocycles. The third kappa shape index (κ3) is 9.43. The molecule has 3 aliphatic rings. The third-order valence-electron chi connectivity index (χ3n) is 10.2. The van der Waals surface area contributed by atoms with E-state index in [9.17, 15) is 27.6 Å². The number of aliphatic carboxylic acids is 1. The number of nitrogens with zero attached hydrogens (tertiary/aromatic N) is 6. The van der Waals surface area contributed by atoms with Crippen molar-refractivity contribution in [1.29, 1.82) is 0 Å². The number of alkyl halides is 5. The topological polar surface area (TPSA) is 141 Å². The van der Waals surface area contributed by atoms with Crippen LogP contribution >= 0.6 is 0 Å². The molecule has 0 bridgehead atoms. The summed E-state index contributed by atoms with van der Waals surface area (Å²) >= 11 is 0. The Kier molecular flexibility index (Phi) is 12.7. The zero-order valence-corrected chi connectivity index (χ0v) is 31.3. The molecule has 2 amide bonds. The van der Waals surface area contributed by atoms with Gasteiger partial charge in [0.05, 0.1) is 36.8 Å². The fourth-order valence-corrected chi connectivity index (χ4v) is 7.09. The van der Waals surface area contributed by atoms with Gasteiger partial charge in [-0.05, 0) is 50.5 Å². The monoisotopic (exact) mass is 795 g/mol. The Hall–Kier alpha value is -5.17. The minimum absolute atomic E-state index is 0.0650. The SMILES string of the molecule is COc1cc(-c2cn(C)c(=O)c(C)c2C)cnc1CN1CCC(N2CCN(c3ccc(NN4C(=O)CCCC4=O)cc3F)CC2)C(F)(F)C1.O=C(O)C(F)(F)F. The Morgan fingerprint density at radius 1 is 1.02 bits per heavy atom. The summed E-state index contributed by atoms with van der Waals surface area (Å²) in [6.07, 6.45) is -0.350. The molecule has 1 aromatic carbocycles. The molecule has 0 aliphatic carbocycles. The second-order valence-electron chi connectivity index (χ2n) is 13.9. The van der Waals surface area contributed by atoms with Gasteiger partial charge in [-0.25, -0.2) is 18.0 Å². The molecule has 6 rings (SSSR count).